The summed E-state index contributed by atoms with van der Waals surface area (Å²) in [5.41, 5.74) is 6.65. The van der Waals surface area contributed by atoms with Crippen molar-refractivity contribution in [1.82, 2.24) is 4.90 Å². The fourth-order valence-corrected chi connectivity index (χ4v) is 6.01. The van der Waals surface area contributed by atoms with Gasteiger partial charge in [-0.25, -0.2) is 4.79 Å². The van der Waals surface area contributed by atoms with Crippen LogP contribution in [0.4, 0.5) is 4.79 Å². The summed E-state index contributed by atoms with van der Waals surface area (Å²) in [5, 5.41) is 0. The topological polar surface area (TPSA) is 29.5 Å². The van der Waals surface area contributed by atoms with Gasteiger partial charge in [0.1, 0.15) is 6.61 Å². The Morgan fingerprint density at radius 3 is 2.31 bits per heavy atom. The molecule has 0 aromatic heterocycles. The van der Waals surface area contributed by atoms with Crippen LogP contribution in [0.2, 0.25) is 0 Å². The quantitative estimate of drug-likeness (QED) is 0.322. The van der Waals surface area contributed by atoms with Crippen molar-refractivity contribution in [3.8, 4) is 11.1 Å². The van der Waals surface area contributed by atoms with Crippen LogP contribution in [-0.4, -0.2) is 29.7 Å². The zero-order valence-electron chi connectivity index (χ0n) is 19.3. The van der Waals surface area contributed by atoms with Crippen LogP contribution < -0.4 is 0 Å². The number of nitrogens with zero attached hydrogens (tertiary/aromatic N) is 1. The number of amides is 1. The largest absolute Gasteiger partial charge is 0.448 e. The van der Waals surface area contributed by atoms with Crippen LogP contribution in [0.15, 0.2) is 60.2 Å². The van der Waals surface area contributed by atoms with Gasteiger partial charge in [-0.05, 0) is 54.4 Å². The van der Waals surface area contributed by atoms with E-state index >= 15 is 0 Å². The normalized spacial score (nSPS) is 21.3. The van der Waals surface area contributed by atoms with Crippen LogP contribution in [0.1, 0.15) is 81.8 Å². The van der Waals surface area contributed by atoms with Gasteiger partial charge in [0, 0.05) is 12.0 Å². The van der Waals surface area contributed by atoms with Gasteiger partial charge in [-0.3, -0.25) is 4.90 Å². The molecule has 168 valence electrons. The van der Waals surface area contributed by atoms with E-state index in [2.05, 4.69) is 61.5 Å². The third-order valence-corrected chi connectivity index (χ3v) is 7.62. The van der Waals surface area contributed by atoms with Crippen LogP contribution in [0.5, 0.6) is 0 Å². The van der Waals surface area contributed by atoms with Gasteiger partial charge in [0.15, 0.2) is 0 Å². The first kappa shape index (κ1) is 21.3. The van der Waals surface area contributed by atoms with E-state index in [1.165, 1.54) is 60.8 Å². The second-order valence-corrected chi connectivity index (χ2v) is 9.70. The summed E-state index contributed by atoms with van der Waals surface area (Å²) < 4.78 is 5.98. The molecule has 5 rings (SSSR count). The van der Waals surface area contributed by atoms with Crippen LogP contribution in [0.3, 0.4) is 0 Å². The van der Waals surface area contributed by atoms with Crippen molar-refractivity contribution in [2.45, 2.75) is 82.7 Å². The Labute approximate surface area is 192 Å². The molecule has 2 aromatic rings. The first-order chi connectivity index (χ1) is 15.8. The number of carbonyl (C=O) groups excluding carboxylic acids is 1. The van der Waals surface area contributed by atoms with E-state index in [4.69, 9.17) is 4.74 Å². The molecule has 3 heteroatoms. The molecule has 1 amide bonds. The van der Waals surface area contributed by atoms with Crippen molar-refractivity contribution in [3.05, 3.63) is 71.3 Å². The summed E-state index contributed by atoms with van der Waals surface area (Å²) in [6, 6.07) is 17.6. The van der Waals surface area contributed by atoms with Gasteiger partial charge in [-0.2, -0.15) is 0 Å². The maximum Gasteiger partial charge on any atom is 0.410 e. The minimum Gasteiger partial charge on any atom is -0.448 e. The number of rotatable bonds is 8. The summed E-state index contributed by atoms with van der Waals surface area (Å²) in [5.74, 6) is 0.128. The van der Waals surface area contributed by atoms with Crippen molar-refractivity contribution in [2.24, 2.45) is 0 Å². The molecule has 0 N–H and O–H groups in total. The van der Waals surface area contributed by atoms with Gasteiger partial charge >= 0.3 is 6.09 Å². The Bertz CT molecular complexity index is 949. The molecule has 2 aromatic carbocycles. The Hall–Kier alpha value is -2.55. The predicted molar refractivity (Wildman–Crippen MR) is 130 cm³/mol. The number of carbonyl (C=O) groups is 1. The molecule has 32 heavy (non-hydrogen) atoms. The van der Waals surface area contributed by atoms with Crippen molar-refractivity contribution >= 4 is 6.09 Å². The molecule has 1 fully saturated rings. The number of fused-ring (bicyclic) bond motifs is 5. The van der Waals surface area contributed by atoms with Crippen molar-refractivity contribution < 1.29 is 9.53 Å². The number of benzene rings is 2. The average Bonchev–Trinajstić information content (AvgIpc) is 3.28. The molecule has 2 bridgehead atoms. The van der Waals surface area contributed by atoms with Crippen LogP contribution in [-0.2, 0) is 4.74 Å². The highest BCUT2D eigenvalue weighted by molar-refractivity contribution is 5.79. The van der Waals surface area contributed by atoms with E-state index < -0.39 is 0 Å². The summed E-state index contributed by atoms with van der Waals surface area (Å²) >= 11 is 0. The minimum absolute atomic E-state index is 0.127. The Morgan fingerprint density at radius 1 is 0.938 bits per heavy atom. The van der Waals surface area contributed by atoms with E-state index in [-0.39, 0.29) is 18.1 Å². The van der Waals surface area contributed by atoms with E-state index in [1.807, 2.05) is 4.90 Å². The smallest absolute Gasteiger partial charge is 0.410 e. The molecule has 0 spiro atoms. The lowest BCUT2D eigenvalue weighted by atomic mass is 9.96. The summed E-state index contributed by atoms with van der Waals surface area (Å²) in [6.07, 6.45) is 13.3. The predicted octanol–water partition coefficient (Wildman–Crippen LogP) is 7.46. The van der Waals surface area contributed by atoms with Crippen molar-refractivity contribution in [2.75, 3.05) is 6.61 Å². The highest BCUT2D eigenvalue weighted by atomic mass is 16.6. The first-order valence-corrected chi connectivity index (χ1v) is 12.6. The molecule has 3 aliphatic rings. The number of hydrogen-bond donors (Lipinski definition) is 0. The van der Waals surface area contributed by atoms with Gasteiger partial charge < -0.3 is 4.74 Å². The second-order valence-electron chi connectivity index (χ2n) is 9.70. The highest BCUT2D eigenvalue weighted by Gasteiger charge is 2.40. The average molecular weight is 430 g/mol. The lowest BCUT2D eigenvalue weighted by Crippen LogP contribution is -2.43. The zero-order chi connectivity index (χ0) is 21.9. The molecule has 0 saturated carbocycles. The molecule has 2 atom stereocenters. The maximum absolute atomic E-state index is 13.2. The molecule has 1 aliphatic carbocycles. The Kier molecular flexibility index (Phi) is 6.34. The lowest BCUT2D eigenvalue weighted by molar-refractivity contribution is 0.0848. The molecule has 3 nitrogen and oxygen atoms in total. The minimum atomic E-state index is -0.127. The summed E-state index contributed by atoms with van der Waals surface area (Å²) in [6.45, 7) is 2.68. The van der Waals surface area contributed by atoms with Crippen molar-refractivity contribution in [3.63, 3.8) is 0 Å². The van der Waals surface area contributed by atoms with Crippen LogP contribution in [0, 0.1) is 0 Å². The zero-order valence-corrected chi connectivity index (χ0v) is 19.3. The molecule has 2 heterocycles. The fourth-order valence-electron chi connectivity index (χ4n) is 6.01. The van der Waals surface area contributed by atoms with E-state index in [0.717, 1.165) is 19.3 Å². The standard InChI is InChI=1S/C29H35NO2/c1-2-3-4-5-6-11-21-18-22-16-17-23(19-21)30(22)29(31)32-20-28-26-14-9-7-12-24(26)25-13-8-10-15-27(25)28/h7-10,12-15,18,22-23,28H,2-6,11,16-17,19-20H2,1H3. The van der Waals surface area contributed by atoms with Crippen LogP contribution >= 0.6 is 0 Å². The second kappa shape index (κ2) is 9.52. The summed E-state index contributed by atoms with van der Waals surface area (Å²) in [4.78, 5) is 15.2. The molecule has 2 unspecified atom stereocenters. The molecular weight excluding hydrogens is 394 g/mol. The maximum atomic E-state index is 13.2. The van der Waals surface area contributed by atoms with Gasteiger partial charge in [0.2, 0.25) is 0 Å². The van der Waals surface area contributed by atoms with Gasteiger partial charge in [-0.1, -0.05) is 92.8 Å². The number of unbranched alkanes of at least 4 members (excludes halogenated alkanes) is 4. The number of hydrogen-bond acceptors (Lipinski definition) is 2. The van der Waals surface area contributed by atoms with Crippen molar-refractivity contribution in [1.29, 1.82) is 0 Å². The van der Waals surface area contributed by atoms with E-state index in [9.17, 15) is 4.79 Å². The van der Waals surface area contributed by atoms with E-state index in [1.54, 1.807) is 5.57 Å². The van der Waals surface area contributed by atoms with Crippen LogP contribution in [0.25, 0.3) is 11.1 Å². The lowest BCUT2D eigenvalue weighted by Gasteiger charge is -2.33. The molecular formula is C29H35NO2. The van der Waals surface area contributed by atoms with Gasteiger partial charge in [0.25, 0.3) is 0 Å². The third-order valence-electron chi connectivity index (χ3n) is 7.62. The first-order valence-electron chi connectivity index (χ1n) is 12.6. The molecule has 1 saturated heterocycles. The third kappa shape index (κ3) is 4.10. The Morgan fingerprint density at radius 2 is 1.62 bits per heavy atom. The SMILES string of the molecule is CCCCCCCC1=CC2CCC(C1)N2C(=O)OCC1c2ccccc2-c2ccccc21. The highest BCUT2D eigenvalue weighted by Crippen LogP contribution is 2.45. The van der Waals surface area contributed by atoms with Gasteiger partial charge in [-0.15, -0.1) is 0 Å². The fraction of sp³-hybridized carbons (Fsp3) is 0.483. The van der Waals surface area contributed by atoms with E-state index in [0.29, 0.717) is 12.6 Å². The number of ether oxygens (including phenoxy) is 1. The summed E-state index contributed by atoms with van der Waals surface area (Å²) in [7, 11) is 0. The molecule has 0 radical (unpaired) electrons. The Balaban J connectivity index is 1.21. The van der Waals surface area contributed by atoms with Gasteiger partial charge in [0.05, 0.1) is 6.04 Å². The molecule has 2 aliphatic heterocycles. The monoisotopic (exact) mass is 429 g/mol.